The van der Waals surface area contributed by atoms with Crippen LogP contribution >= 0.6 is 0 Å². The van der Waals surface area contributed by atoms with Crippen molar-refractivity contribution in [1.82, 2.24) is 15.2 Å². The molecule has 4 rings (SSSR count). The first-order chi connectivity index (χ1) is 10.2. The Morgan fingerprint density at radius 1 is 1.52 bits per heavy atom. The van der Waals surface area contributed by atoms with Crippen LogP contribution in [0.4, 0.5) is 0 Å². The van der Waals surface area contributed by atoms with Gasteiger partial charge in [0.2, 0.25) is 5.76 Å². The number of nitrogens with zero attached hydrogens (tertiary/aromatic N) is 3. The van der Waals surface area contributed by atoms with Crippen LogP contribution in [0, 0.1) is 17.2 Å². The van der Waals surface area contributed by atoms with Gasteiger partial charge in [0, 0.05) is 36.8 Å². The van der Waals surface area contributed by atoms with Gasteiger partial charge in [-0.2, -0.15) is 5.26 Å². The first-order valence-electron chi connectivity index (χ1n) is 7.07. The summed E-state index contributed by atoms with van der Waals surface area (Å²) in [6.07, 6.45) is 3.95. The van der Waals surface area contributed by atoms with Crippen LogP contribution in [0.2, 0.25) is 0 Å². The Kier molecular flexibility index (Phi) is 2.69. The van der Waals surface area contributed by atoms with Crippen molar-refractivity contribution < 1.29 is 9.21 Å². The molecule has 0 radical (unpaired) electrons. The highest BCUT2D eigenvalue weighted by Gasteiger charge is 2.38. The van der Waals surface area contributed by atoms with Gasteiger partial charge in [0.1, 0.15) is 17.3 Å². The summed E-state index contributed by atoms with van der Waals surface area (Å²) in [7, 11) is 0. The second kappa shape index (κ2) is 4.57. The Balaban J connectivity index is 1.55. The number of rotatable bonds is 2. The number of hydrogen-bond acceptors (Lipinski definition) is 5. The highest BCUT2D eigenvalue weighted by atomic mass is 16.3. The molecule has 0 aromatic carbocycles. The van der Waals surface area contributed by atoms with Crippen LogP contribution in [0.15, 0.2) is 22.7 Å². The molecule has 106 valence electrons. The number of carbonyl (C=O) groups is 1. The molecule has 6 heteroatoms. The molecule has 2 bridgehead atoms. The smallest absolute Gasteiger partial charge is 0.271 e. The number of aromatic nitrogens is 1. The fraction of sp³-hybridized carbons (Fsp3) is 0.400. The van der Waals surface area contributed by atoms with Gasteiger partial charge in [-0.3, -0.25) is 14.7 Å². The van der Waals surface area contributed by atoms with E-state index in [0.717, 1.165) is 24.9 Å². The molecular weight excluding hydrogens is 268 g/mol. The lowest BCUT2D eigenvalue weighted by Crippen LogP contribution is -2.45. The Hall–Kier alpha value is -2.39. The summed E-state index contributed by atoms with van der Waals surface area (Å²) in [6, 6.07) is 5.15. The first kappa shape index (κ1) is 12.4. The Morgan fingerprint density at radius 2 is 2.43 bits per heavy atom. The Bertz CT molecular complexity index is 761. The number of furan rings is 1. The molecular formula is C15H14N4O2. The molecule has 2 aromatic heterocycles. The van der Waals surface area contributed by atoms with Crippen molar-refractivity contribution in [3.63, 3.8) is 0 Å². The SMILES string of the molecule is N#Cc1cc2cnc(C(=O)NC3CC4CCN3C4)cc2o1. The van der Waals surface area contributed by atoms with Crippen LogP contribution in [0.3, 0.4) is 0 Å². The average Bonchev–Trinajstić information content (AvgIpc) is 3.20. The zero-order valence-electron chi connectivity index (χ0n) is 11.4. The second-order valence-electron chi connectivity index (χ2n) is 5.70. The van der Waals surface area contributed by atoms with Crippen molar-refractivity contribution in [1.29, 1.82) is 5.26 Å². The summed E-state index contributed by atoms with van der Waals surface area (Å²) >= 11 is 0. The van der Waals surface area contributed by atoms with Gasteiger partial charge in [-0.05, 0) is 18.8 Å². The number of hydrogen-bond donors (Lipinski definition) is 1. The second-order valence-corrected chi connectivity index (χ2v) is 5.70. The van der Waals surface area contributed by atoms with Crippen molar-refractivity contribution in [3.8, 4) is 6.07 Å². The van der Waals surface area contributed by atoms with Gasteiger partial charge in [0.25, 0.3) is 5.91 Å². The lowest BCUT2D eigenvalue weighted by atomic mass is 10.0. The van der Waals surface area contributed by atoms with E-state index in [2.05, 4.69) is 15.2 Å². The number of piperidine rings is 1. The van der Waals surface area contributed by atoms with Gasteiger partial charge in [-0.25, -0.2) is 0 Å². The average molecular weight is 282 g/mol. The number of amides is 1. The van der Waals surface area contributed by atoms with Crippen molar-refractivity contribution >= 4 is 16.9 Å². The standard InChI is InChI=1S/C15H14N4O2/c16-6-11-4-10-7-17-12(5-13(10)21-11)15(20)18-14-3-9-1-2-19(14)8-9/h4-5,7,9,14H,1-3,8H2,(H,18,20). The summed E-state index contributed by atoms with van der Waals surface area (Å²) in [5.41, 5.74) is 0.838. The largest absolute Gasteiger partial charge is 0.445 e. The van der Waals surface area contributed by atoms with Crippen LogP contribution in [0.25, 0.3) is 11.0 Å². The summed E-state index contributed by atoms with van der Waals surface area (Å²) in [4.78, 5) is 18.8. The predicted molar refractivity (Wildman–Crippen MR) is 74.3 cm³/mol. The molecule has 1 amide bonds. The van der Waals surface area contributed by atoms with Crippen molar-refractivity contribution in [2.24, 2.45) is 5.92 Å². The molecule has 3 unspecified atom stereocenters. The van der Waals surface area contributed by atoms with E-state index in [-0.39, 0.29) is 17.8 Å². The quantitative estimate of drug-likeness (QED) is 0.902. The molecule has 2 aliphatic heterocycles. The molecule has 2 aliphatic rings. The zero-order chi connectivity index (χ0) is 14.4. The number of nitrogens with one attached hydrogen (secondary N) is 1. The van der Waals surface area contributed by atoms with Crippen molar-refractivity contribution in [3.05, 3.63) is 29.8 Å². The maximum Gasteiger partial charge on any atom is 0.271 e. The van der Waals surface area contributed by atoms with Gasteiger partial charge in [0.05, 0.1) is 6.17 Å². The molecule has 2 fully saturated rings. The molecule has 6 nitrogen and oxygen atoms in total. The van der Waals surface area contributed by atoms with Gasteiger partial charge in [-0.15, -0.1) is 0 Å². The molecule has 4 heterocycles. The summed E-state index contributed by atoms with van der Waals surface area (Å²) < 4.78 is 5.34. The molecule has 2 saturated heterocycles. The highest BCUT2D eigenvalue weighted by Crippen LogP contribution is 2.31. The molecule has 21 heavy (non-hydrogen) atoms. The minimum Gasteiger partial charge on any atom is -0.445 e. The maximum atomic E-state index is 12.3. The van der Waals surface area contributed by atoms with E-state index in [1.54, 1.807) is 18.3 Å². The Labute approximate surface area is 121 Å². The van der Waals surface area contributed by atoms with Crippen molar-refractivity contribution in [2.45, 2.75) is 19.0 Å². The van der Waals surface area contributed by atoms with Gasteiger partial charge >= 0.3 is 0 Å². The van der Waals surface area contributed by atoms with E-state index < -0.39 is 0 Å². The molecule has 3 atom stereocenters. The monoisotopic (exact) mass is 282 g/mol. The van der Waals surface area contributed by atoms with E-state index in [1.807, 2.05) is 6.07 Å². The van der Waals surface area contributed by atoms with E-state index in [9.17, 15) is 4.79 Å². The lowest BCUT2D eigenvalue weighted by molar-refractivity contribution is 0.0877. The van der Waals surface area contributed by atoms with Crippen molar-refractivity contribution in [2.75, 3.05) is 13.1 Å². The minimum absolute atomic E-state index is 0.125. The number of carbonyl (C=O) groups excluding carboxylic acids is 1. The predicted octanol–water partition coefficient (Wildman–Crippen LogP) is 1.48. The molecule has 2 aromatic rings. The maximum absolute atomic E-state index is 12.3. The van der Waals surface area contributed by atoms with Crippen LogP contribution in [-0.4, -0.2) is 35.0 Å². The van der Waals surface area contributed by atoms with E-state index in [0.29, 0.717) is 17.2 Å². The summed E-state index contributed by atoms with van der Waals surface area (Å²) in [6.45, 7) is 2.15. The third-order valence-corrected chi connectivity index (χ3v) is 4.36. The van der Waals surface area contributed by atoms with E-state index in [1.165, 1.54) is 6.42 Å². The lowest BCUT2D eigenvalue weighted by Gasteiger charge is -2.25. The normalized spacial score (nSPS) is 26.9. The number of pyridine rings is 1. The topological polar surface area (TPSA) is 82.2 Å². The van der Waals surface area contributed by atoms with Crippen LogP contribution in [0.1, 0.15) is 29.1 Å². The van der Waals surface area contributed by atoms with Crippen LogP contribution < -0.4 is 5.32 Å². The Morgan fingerprint density at radius 3 is 3.14 bits per heavy atom. The molecule has 0 aliphatic carbocycles. The van der Waals surface area contributed by atoms with Gasteiger partial charge < -0.3 is 9.73 Å². The zero-order valence-corrected chi connectivity index (χ0v) is 11.4. The van der Waals surface area contributed by atoms with Crippen LogP contribution in [-0.2, 0) is 0 Å². The minimum atomic E-state index is -0.190. The van der Waals surface area contributed by atoms with Gasteiger partial charge in [0.15, 0.2) is 0 Å². The van der Waals surface area contributed by atoms with Gasteiger partial charge in [-0.1, -0.05) is 0 Å². The first-order valence-corrected chi connectivity index (χ1v) is 7.07. The van der Waals surface area contributed by atoms with Crippen LogP contribution in [0.5, 0.6) is 0 Å². The highest BCUT2D eigenvalue weighted by molar-refractivity contribution is 5.95. The third-order valence-electron chi connectivity index (χ3n) is 4.36. The number of nitriles is 1. The van der Waals surface area contributed by atoms with E-state index >= 15 is 0 Å². The molecule has 1 N–H and O–H groups in total. The number of fused-ring (bicyclic) bond motifs is 3. The summed E-state index contributed by atoms with van der Waals surface area (Å²) in [5, 5.41) is 12.6. The summed E-state index contributed by atoms with van der Waals surface area (Å²) in [5.74, 6) is 0.752. The molecule has 0 saturated carbocycles. The van der Waals surface area contributed by atoms with E-state index in [4.69, 9.17) is 9.68 Å². The fourth-order valence-electron chi connectivity index (χ4n) is 3.29. The fourth-order valence-corrected chi connectivity index (χ4v) is 3.29. The molecule has 0 spiro atoms. The third kappa shape index (κ3) is 2.06.